The fourth-order valence-electron chi connectivity index (χ4n) is 4.47. The molecule has 0 atom stereocenters. The highest BCUT2D eigenvalue weighted by Crippen LogP contribution is 2.27. The zero-order valence-corrected chi connectivity index (χ0v) is 24.1. The third-order valence-corrected chi connectivity index (χ3v) is 7.16. The molecule has 0 aliphatic heterocycles. The molecule has 4 N–H and O–H groups in total. The molecule has 0 aromatic rings. The van der Waals surface area contributed by atoms with Crippen LogP contribution in [0.4, 0.5) is 0 Å². The van der Waals surface area contributed by atoms with Crippen LogP contribution < -0.4 is 0 Å². The first-order chi connectivity index (χ1) is 16.2. The number of β-amino-alcohol motifs (C(OH)–C–C–N with tert-alkyl or cyclic N) is 4. The molecule has 35 heavy (non-hydrogen) atoms. The molecule has 0 spiro atoms. The average molecular weight is 507 g/mol. The van der Waals surface area contributed by atoms with Crippen LogP contribution in [0, 0.1) is 0 Å². The summed E-state index contributed by atoms with van der Waals surface area (Å²) in [6, 6.07) is 0. The molecule has 0 fully saturated rings. The van der Waals surface area contributed by atoms with Gasteiger partial charge in [-0.1, -0.05) is 0 Å². The van der Waals surface area contributed by atoms with E-state index in [1.165, 1.54) is 0 Å². The normalized spacial score (nSPS) is 13.9. The molecule has 0 aromatic heterocycles. The van der Waals surface area contributed by atoms with Gasteiger partial charge in [-0.25, -0.2) is 0 Å². The van der Waals surface area contributed by atoms with Gasteiger partial charge in [0, 0.05) is 50.5 Å². The lowest BCUT2D eigenvalue weighted by Gasteiger charge is -2.39. The molecule has 0 amide bonds. The van der Waals surface area contributed by atoms with E-state index in [9.17, 15) is 20.4 Å². The number of ether oxygens (including phenoxy) is 2. The van der Waals surface area contributed by atoms with E-state index >= 15 is 0 Å². The van der Waals surface area contributed by atoms with E-state index in [4.69, 9.17) is 9.47 Å². The van der Waals surface area contributed by atoms with Crippen molar-refractivity contribution in [2.45, 2.75) is 110 Å². The molecule has 0 unspecified atom stereocenters. The first-order valence-electron chi connectivity index (χ1n) is 13.4. The zero-order valence-electron chi connectivity index (χ0n) is 24.1. The summed E-state index contributed by atoms with van der Waals surface area (Å²) in [6.45, 7) is 20.8. The Bertz CT molecular complexity index is 482. The highest BCUT2D eigenvalue weighted by molar-refractivity contribution is 4.83. The molecule has 0 rings (SSSR count). The van der Waals surface area contributed by atoms with Crippen molar-refractivity contribution in [1.82, 2.24) is 9.80 Å². The maximum absolute atomic E-state index is 9.32. The van der Waals surface area contributed by atoms with Crippen molar-refractivity contribution in [3.05, 3.63) is 0 Å². The molecule has 212 valence electrons. The highest BCUT2D eigenvalue weighted by atomic mass is 16.5. The molecule has 0 radical (unpaired) electrons. The lowest BCUT2D eigenvalue weighted by Crippen LogP contribution is -2.48. The van der Waals surface area contributed by atoms with Gasteiger partial charge in [0.25, 0.3) is 0 Å². The quantitative estimate of drug-likeness (QED) is 0.178. The SMILES string of the molecule is CC(C)(CCCC(C)(C)OCCC(C)(C)N(CCO)CCO)OCCC(C)(C)N(CCO)CCO. The van der Waals surface area contributed by atoms with E-state index in [0.717, 1.165) is 32.1 Å². The molecule has 0 aliphatic rings. The second-order valence-electron chi connectivity index (χ2n) is 12.1. The van der Waals surface area contributed by atoms with E-state index in [1.807, 2.05) is 0 Å². The van der Waals surface area contributed by atoms with Gasteiger partial charge < -0.3 is 29.9 Å². The topological polar surface area (TPSA) is 106 Å². The summed E-state index contributed by atoms with van der Waals surface area (Å²) in [5.41, 5.74) is -0.784. The molecule has 0 saturated carbocycles. The van der Waals surface area contributed by atoms with E-state index in [0.29, 0.717) is 39.4 Å². The third-order valence-electron chi connectivity index (χ3n) is 7.16. The van der Waals surface area contributed by atoms with E-state index in [-0.39, 0.29) is 48.7 Å². The Morgan fingerprint density at radius 2 is 0.771 bits per heavy atom. The molecular weight excluding hydrogens is 448 g/mol. The van der Waals surface area contributed by atoms with Crippen molar-refractivity contribution >= 4 is 0 Å². The summed E-state index contributed by atoms with van der Waals surface area (Å²) < 4.78 is 12.5. The molecule has 8 heteroatoms. The van der Waals surface area contributed by atoms with Crippen molar-refractivity contribution in [2.24, 2.45) is 0 Å². The van der Waals surface area contributed by atoms with Crippen LogP contribution in [-0.4, -0.2) is 118 Å². The summed E-state index contributed by atoms with van der Waals surface area (Å²) in [6.07, 6.45) is 4.51. The van der Waals surface area contributed by atoms with Crippen LogP contribution in [0.5, 0.6) is 0 Å². The van der Waals surface area contributed by atoms with Gasteiger partial charge in [-0.05, 0) is 87.5 Å². The summed E-state index contributed by atoms with van der Waals surface area (Å²) in [5, 5.41) is 37.3. The van der Waals surface area contributed by atoms with Gasteiger partial charge >= 0.3 is 0 Å². The number of hydrogen-bond donors (Lipinski definition) is 4. The number of aliphatic hydroxyl groups is 4. The van der Waals surface area contributed by atoms with E-state index in [1.54, 1.807) is 0 Å². The maximum atomic E-state index is 9.32. The Balaban J connectivity index is 4.49. The minimum atomic E-state index is -0.234. The van der Waals surface area contributed by atoms with Gasteiger partial charge in [0.1, 0.15) is 0 Å². The van der Waals surface area contributed by atoms with Gasteiger partial charge in [0.15, 0.2) is 0 Å². The average Bonchev–Trinajstić information content (AvgIpc) is 2.72. The summed E-state index contributed by atoms with van der Waals surface area (Å²) in [4.78, 5) is 4.22. The Kier molecular flexibility index (Phi) is 16.4. The van der Waals surface area contributed by atoms with Crippen molar-refractivity contribution in [3.63, 3.8) is 0 Å². The summed E-state index contributed by atoms with van der Waals surface area (Å²) in [5.74, 6) is 0. The van der Waals surface area contributed by atoms with Gasteiger partial charge in [-0.15, -0.1) is 0 Å². The predicted octanol–water partition coefficient (Wildman–Crippen LogP) is 2.66. The van der Waals surface area contributed by atoms with Crippen LogP contribution >= 0.6 is 0 Å². The van der Waals surface area contributed by atoms with Gasteiger partial charge in [0.05, 0.1) is 37.6 Å². The fourth-order valence-corrected chi connectivity index (χ4v) is 4.47. The van der Waals surface area contributed by atoms with Crippen molar-refractivity contribution in [1.29, 1.82) is 0 Å². The molecular formula is C27H58N2O6. The van der Waals surface area contributed by atoms with Crippen molar-refractivity contribution in [2.75, 3.05) is 65.8 Å². The molecule has 0 heterocycles. The number of aliphatic hydroxyl groups excluding tert-OH is 4. The van der Waals surface area contributed by atoms with Crippen molar-refractivity contribution in [3.8, 4) is 0 Å². The second kappa shape index (κ2) is 16.5. The second-order valence-corrected chi connectivity index (χ2v) is 12.1. The Labute approximate surface area is 215 Å². The molecule has 0 aromatic carbocycles. The van der Waals surface area contributed by atoms with Crippen LogP contribution in [0.2, 0.25) is 0 Å². The van der Waals surface area contributed by atoms with Crippen LogP contribution in [0.3, 0.4) is 0 Å². The monoisotopic (exact) mass is 506 g/mol. The Hall–Kier alpha value is -0.320. The Morgan fingerprint density at radius 3 is 1.03 bits per heavy atom. The molecule has 8 nitrogen and oxygen atoms in total. The molecule has 0 bridgehead atoms. The van der Waals surface area contributed by atoms with Gasteiger partial charge in [0.2, 0.25) is 0 Å². The van der Waals surface area contributed by atoms with Crippen LogP contribution in [-0.2, 0) is 9.47 Å². The minimum Gasteiger partial charge on any atom is -0.395 e. The third kappa shape index (κ3) is 14.9. The van der Waals surface area contributed by atoms with Crippen LogP contribution in [0.1, 0.15) is 87.5 Å². The Morgan fingerprint density at radius 1 is 0.486 bits per heavy atom. The highest BCUT2D eigenvalue weighted by Gasteiger charge is 2.29. The zero-order chi connectivity index (χ0) is 27.2. The first-order valence-corrected chi connectivity index (χ1v) is 13.4. The van der Waals surface area contributed by atoms with Gasteiger partial charge in [-0.2, -0.15) is 0 Å². The van der Waals surface area contributed by atoms with E-state index in [2.05, 4.69) is 65.2 Å². The number of nitrogens with zero attached hydrogens (tertiary/aromatic N) is 2. The largest absolute Gasteiger partial charge is 0.395 e. The number of hydrogen-bond acceptors (Lipinski definition) is 8. The first kappa shape index (κ1) is 34.7. The van der Waals surface area contributed by atoms with Crippen LogP contribution in [0.15, 0.2) is 0 Å². The summed E-state index contributed by atoms with van der Waals surface area (Å²) >= 11 is 0. The molecule has 0 aliphatic carbocycles. The lowest BCUT2D eigenvalue weighted by atomic mass is 9.94. The standard InChI is InChI=1S/C27H58N2O6/c1-24(2,28(14-18-30)15-19-31)12-22-34-26(5,6)10-9-11-27(7,8)35-23-13-25(3,4)29(16-20-32)17-21-33/h30-33H,9-23H2,1-8H3. The molecule has 0 saturated heterocycles. The smallest absolute Gasteiger partial charge is 0.0626 e. The van der Waals surface area contributed by atoms with E-state index < -0.39 is 0 Å². The fraction of sp³-hybridized carbons (Fsp3) is 1.00. The predicted molar refractivity (Wildman–Crippen MR) is 143 cm³/mol. The summed E-state index contributed by atoms with van der Waals surface area (Å²) in [7, 11) is 0. The minimum absolute atomic E-state index is 0.0781. The number of rotatable bonds is 22. The van der Waals surface area contributed by atoms with Crippen molar-refractivity contribution < 1.29 is 29.9 Å². The van der Waals surface area contributed by atoms with Crippen LogP contribution in [0.25, 0.3) is 0 Å². The van der Waals surface area contributed by atoms with Gasteiger partial charge in [-0.3, -0.25) is 9.80 Å². The lowest BCUT2D eigenvalue weighted by molar-refractivity contribution is -0.0602. The maximum Gasteiger partial charge on any atom is 0.0626 e.